The minimum absolute atomic E-state index is 0.390. The Bertz CT molecular complexity index is 787. The number of carbonyl (C=O) groups is 1. The van der Waals surface area contributed by atoms with Gasteiger partial charge in [0.2, 0.25) is 15.9 Å². The first-order valence-corrected chi connectivity index (χ1v) is 9.55. The van der Waals surface area contributed by atoms with Gasteiger partial charge in [-0.15, -0.1) is 0 Å². The fourth-order valence-electron chi connectivity index (χ4n) is 2.39. The molecule has 0 radical (unpaired) electrons. The quantitative estimate of drug-likeness (QED) is 0.875. The standard InChI is InChI=1S/C18H22N2O3S/c1-4-14-10-12-16(13-11-14)19-18(21)17(20(2)24(3,22)23)15-8-6-5-7-9-15/h5-13,17H,4H2,1-3H3,(H,19,21)/t17-/m0/s1. The van der Waals surface area contributed by atoms with Gasteiger partial charge in [0.1, 0.15) is 6.04 Å². The summed E-state index contributed by atoms with van der Waals surface area (Å²) in [6, 6.07) is 15.5. The third kappa shape index (κ3) is 4.43. The topological polar surface area (TPSA) is 66.5 Å². The first-order valence-electron chi connectivity index (χ1n) is 7.70. The lowest BCUT2D eigenvalue weighted by Crippen LogP contribution is -2.38. The molecule has 0 aliphatic carbocycles. The third-order valence-corrected chi connectivity index (χ3v) is 5.14. The van der Waals surface area contributed by atoms with Crippen LogP contribution in [0.25, 0.3) is 0 Å². The number of carbonyl (C=O) groups excluding carboxylic acids is 1. The van der Waals surface area contributed by atoms with Gasteiger partial charge in [-0.1, -0.05) is 49.4 Å². The number of hydrogen-bond donors (Lipinski definition) is 1. The number of nitrogens with one attached hydrogen (secondary N) is 1. The van der Waals surface area contributed by atoms with Crippen LogP contribution in [0.2, 0.25) is 0 Å². The lowest BCUT2D eigenvalue weighted by molar-refractivity contribution is -0.119. The van der Waals surface area contributed by atoms with Crippen LogP contribution in [0.1, 0.15) is 24.1 Å². The Balaban J connectivity index is 2.30. The second-order valence-corrected chi connectivity index (χ2v) is 7.67. The molecule has 1 N–H and O–H groups in total. The van der Waals surface area contributed by atoms with Crippen molar-refractivity contribution >= 4 is 21.6 Å². The Morgan fingerprint density at radius 2 is 1.67 bits per heavy atom. The van der Waals surface area contributed by atoms with E-state index in [1.807, 2.05) is 30.3 Å². The predicted octanol–water partition coefficient (Wildman–Crippen LogP) is 2.82. The first kappa shape index (κ1) is 18.2. The molecule has 1 amide bonds. The molecule has 2 rings (SSSR count). The van der Waals surface area contributed by atoms with Crippen molar-refractivity contribution in [3.05, 3.63) is 65.7 Å². The molecule has 0 aromatic heterocycles. The highest BCUT2D eigenvalue weighted by Crippen LogP contribution is 2.24. The maximum atomic E-state index is 12.7. The van der Waals surface area contributed by atoms with Gasteiger partial charge < -0.3 is 5.32 Å². The molecule has 0 unspecified atom stereocenters. The van der Waals surface area contributed by atoms with Crippen molar-refractivity contribution in [1.29, 1.82) is 0 Å². The summed E-state index contributed by atoms with van der Waals surface area (Å²) >= 11 is 0. The highest BCUT2D eigenvalue weighted by molar-refractivity contribution is 7.88. The number of likely N-dealkylation sites (N-methyl/N-ethyl adjacent to an activating group) is 1. The number of hydrogen-bond acceptors (Lipinski definition) is 3. The molecule has 0 fully saturated rings. The van der Waals surface area contributed by atoms with Crippen molar-refractivity contribution in [2.45, 2.75) is 19.4 Å². The Morgan fingerprint density at radius 3 is 2.17 bits per heavy atom. The molecule has 0 saturated heterocycles. The van der Waals surface area contributed by atoms with Crippen LogP contribution >= 0.6 is 0 Å². The average molecular weight is 346 g/mol. The van der Waals surface area contributed by atoms with E-state index in [0.717, 1.165) is 17.0 Å². The van der Waals surface area contributed by atoms with Crippen molar-refractivity contribution in [2.24, 2.45) is 0 Å². The Labute approximate surface area is 143 Å². The van der Waals surface area contributed by atoms with E-state index in [-0.39, 0.29) is 0 Å². The minimum atomic E-state index is -3.53. The van der Waals surface area contributed by atoms with E-state index in [1.165, 1.54) is 12.6 Å². The molecule has 128 valence electrons. The summed E-state index contributed by atoms with van der Waals surface area (Å²) in [6.45, 7) is 2.06. The van der Waals surface area contributed by atoms with Gasteiger partial charge in [-0.2, -0.15) is 4.31 Å². The van der Waals surface area contributed by atoms with Crippen LogP contribution in [0.15, 0.2) is 54.6 Å². The Hall–Kier alpha value is -2.18. The maximum Gasteiger partial charge on any atom is 0.247 e. The van der Waals surface area contributed by atoms with Crippen LogP contribution in [0.5, 0.6) is 0 Å². The number of nitrogens with zero attached hydrogens (tertiary/aromatic N) is 1. The molecule has 0 bridgehead atoms. The third-order valence-electron chi connectivity index (χ3n) is 3.88. The van der Waals surface area contributed by atoms with Crippen LogP contribution in [0, 0.1) is 0 Å². The van der Waals surface area contributed by atoms with Crippen molar-refractivity contribution < 1.29 is 13.2 Å². The van der Waals surface area contributed by atoms with Gasteiger partial charge in [0, 0.05) is 12.7 Å². The van der Waals surface area contributed by atoms with Gasteiger partial charge in [-0.25, -0.2) is 8.42 Å². The van der Waals surface area contributed by atoms with Gasteiger partial charge in [0.05, 0.1) is 6.26 Å². The summed E-state index contributed by atoms with van der Waals surface area (Å²) in [5.74, 6) is -0.390. The summed E-state index contributed by atoms with van der Waals surface area (Å²) in [7, 11) is -2.12. The van der Waals surface area contributed by atoms with Crippen molar-refractivity contribution in [3.8, 4) is 0 Å². The molecule has 0 heterocycles. The Kier molecular flexibility index (Phi) is 5.75. The summed E-state index contributed by atoms with van der Waals surface area (Å²) in [5.41, 5.74) is 2.42. The summed E-state index contributed by atoms with van der Waals surface area (Å²) in [5, 5.41) is 2.80. The molecule has 0 spiro atoms. The van der Waals surface area contributed by atoms with Crippen molar-refractivity contribution in [3.63, 3.8) is 0 Å². The van der Waals surface area contributed by atoms with E-state index in [9.17, 15) is 13.2 Å². The van der Waals surface area contributed by atoms with Gasteiger partial charge in [-0.05, 0) is 29.7 Å². The second-order valence-electron chi connectivity index (χ2n) is 5.63. The fourth-order valence-corrected chi connectivity index (χ4v) is 2.99. The summed E-state index contributed by atoms with van der Waals surface area (Å²) in [6.07, 6.45) is 2.00. The molecule has 6 heteroatoms. The summed E-state index contributed by atoms with van der Waals surface area (Å²) in [4.78, 5) is 12.7. The molecular weight excluding hydrogens is 324 g/mol. The lowest BCUT2D eigenvalue weighted by Gasteiger charge is -2.25. The molecule has 2 aromatic rings. The number of benzene rings is 2. The van der Waals surface area contributed by atoms with E-state index in [2.05, 4.69) is 12.2 Å². The van der Waals surface area contributed by atoms with Gasteiger partial charge in [0.15, 0.2) is 0 Å². The number of amides is 1. The predicted molar refractivity (Wildman–Crippen MR) is 96.2 cm³/mol. The lowest BCUT2D eigenvalue weighted by atomic mass is 10.1. The molecular formula is C18H22N2O3S. The monoisotopic (exact) mass is 346 g/mol. The van der Waals surface area contributed by atoms with Crippen LogP contribution in [-0.2, 0) is 21.2 Å². The SMILES string of the molecule is CCc1ccc(NC(=O)[C@H](c2ccccc2)N(C)S(C)(=O)=O)cc1. The van der Waals surface area contributed by atoms with Crippen molar-refractivity contribution in [2.75, 3.05) is 18.6 Å². The highest BCUT2D eigenvalue weighted by Gasteiger charge is 2.30. The van der Waals surface area contributed by atoms with Crippen LogP contribution in [0.4, 0.5) is 5.69 Å². The zero-order valence-electron chi connectivity index (χ0n) is 14.1. The van der Waals surface area contributed by atoms with Gasteiger partial charge >= 0.3 is 0 Å². The van der Waals surface area contributed by atoms with Crippen LogP contribution < -0.4 is 5.32 Å². The van der Waals surface area contributed by atoms with E-state index in [4.69, 9.17) is 0 Å². The smallest absolute Gasteiger partial charge is 0.247 e. The summed E-state index contributed by atoms with van der Waals surface area (Å²) < 4.78 is 24.9. The van der Waals surface area contributed by atoms with Gasteiger partial charge in [0.25, 0.3) is 0 Å². The van der Waals surface area contributed by atoms with Crippen molar-refractivity contribution in [1.82, 2.24) is 4.31 Å². The van der Waals surface area contributed by atoms with Crippen LogP contribution in [0.3, 0.4) is 0 Å². The van der Waals surface area contributed by atoms with E-state index >= 15 is 0 Å². The Morgan fingerprint density at radius 1 is 1.08 bits per heavy atom. The molecule has 0 saturated carbocycles. The van der Waals surface area contributed by atoms with E-state index in [0.29, 0.717) is 11.3 Å². The molecule has 24 heavy (non-hydrogen) atoms. The second kappa shape index (κ2) is 7.59. The number of aryl methyl sites for hydroxylation is 1. The average Bonchev–Trinajstić information content (AvgIpc) is 2.56. The largest absolute Gasteiger partial charge is 0.324 e. The number of rotatable bonds is 6. The maximum absolute atomic E-state index is 12.7. The first-order chi connectivity index (χ1) is 11.3. The van der Waals surface area contributed by atoms with Crippen LogP contribution in [-0.4, -0.2) is 31.9 Å². The zero-order valence-corrected chi connectivity index (χ0v) is 14.9. The molecule has 5 nitrogen and oxygen atoms in total. The normalized spacial score (nSPS) is 12.8. The highest BCUT2D eigenvalue weighted by atomic mass is 32.2. The zero-order chi connectivity index (χ0) is 17.7. The number of anilines is 1. The molecule has 0 aliphatic rings. The van der Waals surface area contributed by atoms with Gasteiger partial charge in [-0.3, -0.25) is 4.79 Å². The van der Waals surface area contributed by atoms with E-state index < -0.39 is 22.0 Å². The fraction of sp³-hybridized carbons (Fsp3) is 0.278. The molecule has 2 aromatic carbocycles. The molecule has 1 atom stereocenters. The van der Waals surface area contributed by atoms with E-state index in [1.54, 1.807) is 24.3 Å². The molecule has 0 aliphatic heterocycles. The number of sulfonamides is 1. The minimum Gasteiger partial charge on any atom is -0.324 e.